The van der Waals surface area contributed by atoms with Gasteiger partial charge in [-0.15, -0.1) is 0 Å². The third-order valence-corrected chi connectivity index (χ3v) is 8.44. The Balaban J connectivity index is 1.54. The van der Waals surface area contributed by atoms with Crippen LogP contribution in [0.5, 0.6) is 0 Å². The zero-order chi connectivity index (χ0) is 25.7. The Bertz CT molecular complexity index is 961. The third kappa shape index (κ3) is 3.89. The Morgan fingerprint density at radius 3 is 2.50 bits per heavy atom. The smallest absolute Gasteiger partial charge is 0.313 e. The predicted molar refractivity (Wildman–Crippen MR) is 129 cm³/mol. The summed E-state index contributed by atoms with van der Waals surface area (Å²) in [6.45, 7) is 9.99. The number of aliphatic hydroxyl groups excluding tert-OH is 1. The Hall–Kier alpha value is -2.27. The molecule has 1 unspecified atom stereocenters. The van der Waals surface area contributed by atoms with Crippen molar-refractivity contribution in [1.82, 2.24) is 14.7 Å². The summed E-state index contributed by atoms with van der Waals surface area (Å²) >= 11 is 0. The van der Waals surface area contributed by atoms with Gasteiger partial charge in [0.2, 0.25) is 11.8 Å². The number of amides is 2. The molecule has 1 N–H and O–H groups in total. The lowest BCUT2D eigenvalue weighted by atomic mass is 9.75. The minimum atomic E-state index is -1.33. The number of hydrogen-bond acceptors (Lipinski definition) is 8. The Morgan fingerprint density at radius 1 is 1.06 bits per heavy atom. The monoisotopic (exact) mass is 503 g/mol. The average Bonchev–Trinajstić information content (AvgIpc) is 3.11. The van der Waals surface area contributed by atoms with Crippen LogP contribution in [0.2, 0.25) is 0 Å². The summed E-state index contributed by atoms with van der Waals surface area (Å²) in [5.74, 6) is -2.99. The molecule has 198 valence electrons. The van der Waals surface area contributed by atoms with Gasteiger partial charge in [-0.25, -0.2) is 0 Å². The summed E-state index contributed by atoms with van der Waals surface area (Å²) in [5.41, 5.74) is -2.41. The predicted octanol–water partition coefficient (Wildman–Crippen LogP) is -0.182. The second-order valence-electron chi connectivity index (χ2n) is 10.9. The summed E-state index contributed by atoms with van der Waals surface area (Å²) in [5, 5.41) is 10.3. The average molecular weight is 504 g/mol. The number of ether oxygens (including phenoxy) is 3. The van der Waals surface area contributed by atoms with E-state index in [2.05, 4.69) is 4.90 Å². The molecule has 36 heavy (non-hydrogen) atoms. The van der Waals surface area contributed by atoms with Crippen molar-refractivity contribution in [2.45, 2.75) is 44.1 Å². The Morgan fingerprint density at radius 2 is 1.81 bits per heavy atom. The first-order chi connectivity index (χ1) is 17.2. The van der Waals surface area contributed by atoms with Crippen molar-refractivity contribution in [2.24, 2.45) is 17.8 Å². The number of cyclic esters (lactones) is 1. The third-order valence-electron chi connectivity index (χ3n) is 8.44. The fourth-order valence-electron chi connectivity index (χ4n) is 6.61. The maximum atomic E-state index is 14.2. The second-order valence-corrected chi connectivity index (χ2v) is 10.9. The molecule has 3 fully saturated rings. The van der Waals surface area contributed by atoms with Crippen molar-refractivity contribution in [3.63, 3.8) is 0 Å². The van der Waals surface area contributed by atoms with Gasteiger partial charge in [0.15, 0.2) is 0 Å². The molecular formula is C26H37N3O7. The van der Waals surface area contributed by atoms with Crippen molar-refractivity contribution in [3.8, 4) is 0 Å². The fraction of sp³-hybridized carbons (Fsp3) is 0.731. The van der Waals surface area contributed by atoms with Gasteiger partial charge in [0, 0.05) is 32.7 Å². The first-order valence-corrected chi connectivity index (χ1v) is 13.0. The number of likely N-dealkylation sites (tertiary alicyclic amines) is 1. The minimum absolute atomic E-state index is 0.107. The molecule has 0 saturated carbocycles. The molecule has 5 aliphatic heterocycles. The van der Waals surface area contributed by atoms with Crippen LogP contribution in [0.15, 0.2) is 24.3 Å². The summed E-state index contributed by atoms with van der Waals surface area (Å²) in [7, 11) is 0. The zero-order valence-corrected chi connectivity index (χ0v) is 21.3. The SMILES string of the molecule is CC(C)[C@H](CO)N1C(=O)[C@@H]2[C@H]3C(=O)OCC=C[C@@]3(C)O[C@@]23C=CCN(CCN2CCOCC2)C(=O)C13. The highest BCUT2D eigenvalue weighted by Crippen LogP contribution is 2.57. The van der Waals surface area contributed by atoms with Gasteiger partial charge in [0.25, 0.3) is 0 Å². The summed E-state index contributed by atoms with van der Waals surface area (Å²) < 4.78 is 17.5. The van der Waals surface area contributed by atoms with Gasteiger partial charge in [0.05, 0.1) is 37.4 Å². The van der Waals surface area contributed by atoms with E-state index in [0.29, 0.717) is 32.8 Å². The number of nitrogens with zero attached hydrogens (tertiary/aromatic N) is 3. The topological polar surface area (TPSA) is 109 Å². The number of carbonyl (C=O) groups excluding carboxylic acids is 3. The van der Waals surface area contributed by atoms with Crippen LogP contribution in [0.4, 0.5) is 0 Å². The van der Waals surface area contributed by atoms with E-state index in [1.165, 1.54) is 4.90 Å². The normalized spacial score (nSPS) is 37.5. The van der Waals surface area contributed by atoms with Gasteiger partial charge < -0.3 is 29.1 Å². The molecule has 5 heterocycles. The molecule has 0 aromatic heterocycles. The maximum absolute atomic E-state index is 14.2. The van der Waals surface area contributed by atoms with Crippen LogP contribution in [-0.4, -0.2) is 120 Å². The van der Waals surface area contributed by atoms with Crippen molar-refractivity contribution < 1.29 is 33.7 Å². The molecule has 2 amide bonds. The molecule has 10 nitrogen and oxygen atoms in total. The fourth-order valence-corrected chi connectivity index (χ4v) is 6.61. The highest BCUT2D eigenvalue weighted by atomic mass is 16.6. The van der Waals surface area contributed by atoms with Crippen LogP contribution in [-0.2, 0) is 28.6 Å². The van der Waals surface area contributed by atoms with Crippen LogP contribution in [0, 0.1) is 17.8 Å². The van der Waals surface area contributed by atoms with Gasteiger partial charge in [-0.3, -0.25) is 19.3 Å². The van der Waals surface area contributed by atoms with Crippen molar-refractivity contribution in [1.29, 1.82) is 0 Å². The van der Waals surface area contributed by atoms with E-state index in [4.69, 9.17) is 14.2 Å². The molecule has 5 aliphatic rings. The van der Waals surface area contributed by atoms with E-state index in [1.54, 1.807) is 24.0 Å². The first kappa shape index (κ1) is 25.4. The van der Waals surface area contributed by atoms with Crippen LogP contribution >= 0.6 is 0 Å². The zero-order valence-electron chi connectivity index (χ0n) is 21.3. The number of fused-ring (bicyclic) bond motifs is 2. The van der Waals surface area contributed by atoms with Crippen LogP contribution in [0.1, 0.15) is 20.8 Å². The first-order valence-electron chi connectivity index (χ1n) is 13.0. The molecule has 3 saturated heterocycles. The van der Waals surface area contributed by atoms with Gasteiger partial charge >= 0.3 is 5.97 Å². The summed E-state index contributed by atoms with van der Waals surface area (Å²) in [4.78, 5) is 47.1. The quantitative estimate of drug-likeness (QED) is 0.393. The lowest BCUT2D eigenvalue weighted by molar-refractivity contribution is -0.160. The van der Waals surface area contributed by atoms with Gasteiger partial charge in [-0.2, -0.15) is 0 Å². The largest absolute Gasteiger partial charge is 0.461 e. The van der Waals surface area contributed by atoms with Crippen molar-refractivity contribution in [3.05, 3.63) is 24.3 Å². The number of rotatable bonds is 6. The van der Waals surface area contributed by atoms with Crippen molar-refractivity contribution in [2.75, 3.05) is 59.2 Å². The molecule has 5 rings (SSSR count). The van der Waals surface area contributed by atoms with E-state index in [1.807, 2.05) is 26.0 Å². The number of aliphatic hydroxyl groups is 1. The van der Waals surface area contributed by atoms with E-state index in [9.17, 15) is 19.5 Å². The van der Waals surface area contributed by atoms with Crippen LogP contribution < -0.4 is 0 Å². The van der Waals surface area contributed by atoms with E-state index in [-0.39, 0.29) is 30.9 Å². The highest BCUT2D eigenvalue weighted by Gasteiger charge is 2.75. The number of esters is 1. The summed E-state index contributed by atoms with van der Waals surface area (Å²) in [6, 6.07) is -1.57. The molecule has 0 radical (unpaired) electrons. The lowest BCUT2D eigenvalue weighted by Gasteiger charge is -2.41. The minimum Gasteiger partial charge on any atom is -0.461 e. The molecule has 1 spiro atoms. The Kier molecular flexibility index (Phi) is 6.74. The molecule has 0 bridgehead atoms. The maximum Gasteiger partial charge on any atom is 0.313 e. The van der Waals surface area contributed by atoms with E-state index < -0.39 is 41.1 Å². The molecule has 0 aromatic carbocycles. The van der Waals surface area contributed by atoms with Gasteiger partial charge in [-0.1, -0.05) is 32.1 Å². The van der Waals surface area contributed by atoms with Crippen molar-refractivity contribution >= 4 is 17.8 Å². The number of carbonyl (C=O) groups is 3. The molecular weight excluding hydrogens is 466 g/mol. The molecule has 0 aliphatic carbocycles. The summed E-state index contributed by atoms with van der Waals surface area (Å²) in [6.07, 6.45) is 7.22. The van der Waals surface area contributed by atoms with Crippen LogP contribution in [0.3, 0.4) is 0 Å². The standard InChI is InChI=1S/C26H37N3O7/c1-17(2)18(16-30)29-21-23(32)28(10-9-27-11-14-34-15-12-27)8-4-7-26(21)19(22(29)31)20-24(33)35-13-5-6-25(20,3)36-26/h4-7,17-21,30H,8-16H2,1-3H3/t18-,19-,20-,21?,25+,26-/m0/s1. The van der Waals surface area contributed by atoms with E-state index >= 15 is 0 Å². The second kappa shape index (κ2) is 9.55. The lowest BCUT2D eigenvalue weighted by Crippen LogP contribution is -2.60. The highest BCUT2D eigenvalue weighted by molar-refractivity contribution is 5.99. The molecule has 10 heteroatoms. The molecule has 6 atom stereocenters. The number of hydrogen-bond donors (Lipinski definition) is 1. The van der Waals surface area contributed by atoms with Crippen LogP contribution in [0.25, 0.3) is 0 Å². The van der Waals surface area contributed by atoms with Gasteiger partial charge in [-0.05, 0) is 18.9 Å². The number of morpholine rings is 1. The van der Waals surface area contributed by atoms with Gasteiger partial charge in [0.1, 0.15) is 24.2 Å². The Labute approximate surface area is 211 Å². The van der Waals surface area contributed by atoms with E-state index in [0.717, 1.165) is 13.1 Å². The molecule has 0 aromatic rings.